The second kappa shape index (κ2) is 5.32. The first kappa shape index (κ1) is 15.7. The van der Waals surface area contributed by atoms with Crippen molar-refractivity contribution in [3.8, 4) is 5.75 Å². The van der Waals surface area contributed by atoms with Crippen molar-refractivity contribution in [3.05, 3.63) is 29.3 Å². The molecule has 0 radical (unpaired) electrons. The van der Waals surface area contributed by atoms with E-state index in [0.29, 0.717) is 11.3 Å². The molecule has 19 heavy (non-hydrogen) atoms. The van der Waals surface area contributed by atoms with Crippen molar-refractivity contribution in [2.45, 2.75) is 25.1 Å². The van der Waals surface area contributed by atoms with E-state index in [1.165, 1.54) is 25.3 Å². The Kier molecular flexibility index (Phi) is 4.39. The number of hydrogen-bond donors (Lipinski definition) is 1. The van der Waals surface area contributed by atoms with E-state index in [4.69, 9.17) is 4.74 Å². The molecule has 0 aliphatic heterocycles. The lowest BCUT2D eigenvalue weighted by Crippen LogP contribution is -2.47. The molecule has 1 unspecified atom stereocenters. The Bertz CT molecular complexity index is 444. The molecule has 0 fully saturated rings. The Morgan fingerprint density at radius 2 is 1.74 bits per heavy atom. The summed E-state index contributed by atoms with van der Waals surface area (Å²) in [5.41, 5.74) is 0.335. The number of ether oxygens (including phenoxy) is 1. The van der Waals surface area contributed by atoms with Gasteiger partial charge in [0.25, 0.3) is 0 Å². The van der Waals surface area contributed by atoms with Gasteiger partial charge in [-0.15, -0.1) is 0 Å². The minimum atomic E-state index is -5.62. The Hall–Kier alpha value is -1.37. The summed E-state index contributed by atoms with van der Waals surface area (Å²) in [4.78, 5) is 0. The van der Waals surface area contributed by atoms with Gasteiger partial charge in [0, 0.05) is 0 Å². The summed E-state index contributed by atoms with van der Waals surface area (Å²) in [6.07, 6.45) is -5.62. The van der Waals surface area contributed by atoms with Crippen molar-refractivity contribution < 1.29 is 26.7 Å². The molecule has 0 bridgehead atoms. The lowest BCUT2D eigenvalue weighted by atomic mass is 9.98. The first-order chi connectivity index (χ1) is 8.65. The first-order valence-corrected chi connectivity index (χ1v) is 5.41. The van der Waals surface area contributed by atoms with Gasteiger partial charge in [-0.3, -0.25) is 0 Å². The number of rotatable bonds is 4. The molecular weight excluding hydrogens is 269 g/mol. The molecule has 1 aromatic carbocycles. The van der Waals surface area contributed by atoms with Crippen LogP contribution in [0.25, 0.3) is 0 Å². The minimum absolute atomic E-state index is 0.150. The lowest BCUT2D eigenvalue weighted by Gasteiger charge is -2.29. The summed E-state index contributed by atoms with van der Waals surface area (Å²) in [6.45, 7) is 1.57. The number of methoxy groups -OCH3 is 1. The number of alkyl halides is 5. The van der Waals surface area contributed by atoms with Gasteiger partial charge in [-0.05, 0) is 31.2 Å². The molecule has 1 aromatic rings. The number of aryl methyl sites for hydroxylation is 1. The fourth-order valence-corrected chi connectivity index (χ4v) is 1.80. The minimum Gasteiger partial charge on any atom is -0.496 e. The quantitative estimate of drug-likeness (QED) is 0.854. The van der Waals surface area contributed by atoms with Crippen LogP contribution in [0.15, 0.2) is 18.2 Å². The zero-order valence-corrected chi connectivity index (χ0v) is 10.6. The van der Waals surface area contributed by atoms with Crippen LogP contribution in [-0.4, -0.2) is 26.3 Å². The molecule has 1 N–H and O–H groups in total. The molecule has 0 saturated heterocycles. The van der Waals surface area contributed by atoms with E-state index in [-0.39, 0.29) is 5.56 Å². The van der Waals surface area contributed by atoms with E-state index < -0.39 is 18.1 Å². The molecule has 0 amide bonds. The van der Waals surface area contributed by atoms with Crippen LogP contribution in [0.2, 0.25) is 0 Å². The van der Waals surface area contributed by atoms with Crippen LogP contribution in [0, 0.1) is 6.92 Å². The fourth-order valence-electron chi connectivity index (χ4n) is 1.80. The highest BCUT2D eigenvalue weighted by atomic mass is 19.4. The van der Waals surface area contributed by atoms with Crippen molar-refractivity contribution in [2.75, 3.05) is 14.2 Å². The molecular formula is C12H14F5NO. The standard InChI is InChI=1S/C12H14F5NO/c1-7-6-8(4-5-9(7)19-3)10(18-2)11(13,14)12(15,16)17/h4-6,10,18H,1-3H3. The maximum atomic E-state index is 13.4. The van der Waals surface area contributed by atoms with Gasteiger partial charge in [-0.2, -0.15) is 22.0 Å². The highest BCUT2D eigenvalue weighted by Crippen LogP contribution is 2.44. The normalized spacial score (nSPS) is 14.3. The number of hydrogen-bond acceptors (Lipinski definition) is 2. The molecule has 0 spiro atoms. The van der Waals surface area contributed by atoms with Crippen LogP contribution in [0.5, 0.6) is 5.75 Å². The average Bonchev–Trinajstić information content (AvgIpc) is 2.28. The third-order valence-electron chi connectivity index (χ3n) is 2.78. The summed E-state index contributed by atoms with van der Waals surface area (Å²) < 4.78 is 68.9. The Morgan fingerprint density at radius 3 is 2.11 bits per heavy atom. The maximum absolute atomic E-state index is 13.4. The van der Waals surface area contributed by atoms with E-state index in [1.807, 2.05) is 5.32 Å². The van der Waals surface area contributed by atoms with Crippen molar-refractivity contribution in [1.29, 1.82) is 0 Å². The van der Waals surface area contributed by atoms with Gasteiger partial charge in [0.15, 0.2) is 0 Å². The second-order valence-electron chi connectivity index (χ2n) is 4.07. The number of nitrogens with one attached hydrogen (secondary N) is 1. The second-order valence-corrected chi connectivity index (χ2v) is 4.07. The van der Waals surface area contributed by atoms with E-state index in [2.05, 4.69) is 0 Å². The fraction of sp³-hybridized carbons (Fsp3) is 0.500. The van der Waals surface area contributed by atoms with Crippen LogP contribution in [0.3, 0.4) is 0 Å². The highest BCUT2D eigenvalue weighted by molar-refractivity contribution is 5.38. The molecule has 0 aliphatic carbocycles. The Balaban J connectivity index is 3.21. The third kappa shape index (κ3) is 2.97. The smallest absolute Gasteiger partial charge is 0.455 e. The van der Waals surface area contributed by atoms with Gasteiger partial charge in [0.2, 0.25) is 0 Å². The Labute approximate surface area is 107 Å². The van der Waals surface area contributed by atoms with Crippen LogP contribution < -0.4 is 10.1 Å². The average molecular weight is 283 g/mol. The van der Waals surface area contributed by atoms with E-state index in [1.54, 1.807) is 6.92 Å². The monoisotopic (exact) mass is 283 g/mol. The van der Waals surface area contributed by atoms with E-state index in [0.717, 1.165) is 7.05 Å². The number of benzene rings is 1. The predicted octanol–water partition coefficient (Wildman–Crippen LogP) is 3.46. The molecule has 7 heteroatoms. The lowest BCUT2D eigenvalue weighted by molar-refractivity contribution is -0.293. The van der Waals surface area contributed by atoms with Crippen LogP contribution >= 0.6 is 0 Å². The SMILES string of the molecule is CNC(c1ccc(OC)c(C)c1)C(F)(F)C(F)(F)F. The molecule has 1 atom stereocenters. The van der Waals surface area contributed by atoms with Crippen LogP contribution in [0.1, 0.15) is 17.2 Å². The molecule has 0 aliphatic rings. The van der Waals surface area contributed by atoms with Crippen molar-refractivity contribution in [1.82, 2.24) is 5.32 Å². The predicted molar refractivity (Wildman–Crippen MR) is 60.5 cm³/mol. The van der Waals surface area contributed by atoms with Gasteiger partial charge in [-0.1, -0.05) is 12.1 Å². The van der Waals surface area contributed by atoms with Gasteiger partial charge >= 0.3 is 12.1 Å². The third-order valence-corrected chi connectivity index (χ3v) is 2.78. The van der Waals surface area contributed by atoms with E-state index >= 15 is 0 Å². The Morgan fingerprint density at radius 1 is 1.16 bits per heavy atom. The molecule has 108 valence electrons. The van der Waals surface area contributed by atoms with Crippen molar-refractivity contribution in [2.24, 2.45) is 0 Å². The van der Waals surface area contributed by atoms with Gasteiger partial charge in [0.05, 0.1) is 7.11 Å². The van der Waals surface area contributed by atoms with Crippen LogP contribution in [0.4, 0.5) is 22.0 Å². The van der Waals surface area contributed by atoms with E-state index in [9.17, 15) is 22.0 Å². The zero-order chi connectivity index (χ0) is 14.8. The van der Waals surface area contributed by atoms with Crippen molar-refractivity contribution >= 4 is 0 Å². The van der Waals surface area contributed by atoms with Gasteiger partial charge in [0.1, 0.15) is 11.8 Å². The van der Waals surface area contributed by atoms with Crippen LogP contribution in [-0.2, 0) is 0 Å². The van der Waals surface area contributed by atoms with Crippen molar-refractivity contribution in [3.63, 3.8) is 0 Å². The zero-order valence-electron chi connectivity index (χ0n) is 10.6. The molecule has 2 nitrogen and oxygen atoms in total. The summed E-state index contributed by atoms with van der Waals surface area (Å²) in [7, 11) is 2.45. The summed E-state index contributed by atoms with van der Waals surface area (Å²) in [6, 6.07) is 1.66. The summed E-state index contributed by atoms with van der Waals surface area (Å²) in [5.74, 6) is -4.43. The first-order valence-electron chi connectivity index (χ1n) is 5.41. The topological polar surface area (TPSA) is 21.3 Å². The molecule has 0 aromatic heterocycles. The largest absolute Gasteiger partial charge is 0.496 e. The number of halogens is 5. The molecule has 0 saturated carbocycles. The van der Waals surface area contributed by atoms with Gasteiger partial charge in [-0.25, -0.2) is 0 Å². The summed E-state index contributed by atoms with van der Waals surface area (Å²) >= 11 is 0. The maximum Gasteiger partial charge on any atom is 0.455 e. The van der Waals surface area contributed by atoms with Gasteiger partial charge < -0.3 is 10.1 Å². The molecule has 1 rings (SSSR count). The summed E-state index contributed by atoms with van der Waals surface area (Å²) in [5, 5.41) is 2.02. The highest BCUT2D eigenvalue weighted by Gasteiger charge is 2.62. The molecule has 0 heterocycles.